The summed E-state index contributed by atoms with van der Waals surface area (Å²) in [6.07, 6.45) is 1.47. The maximum Gasteiger partial charge on any atom is 0.332 e. The van der Waals surface area contributed by atoms with Gasteiger partial charge in [-0.05, 0) is 35.9 Å². The highest BCUT2D eigenvalue weighted by atomic mass is 16.2. The molecule has 9 nitrogen and oxygen atoms in total. The normalized spacial score (nSPS) is 10.7. The molecule has 0 unspecified atom stereocenters. The number of hydrogen-bond acceptors (Lipinski definition) is 5. The Balaban J connectivity index is 1.68. The van der Waals surface area contributed by atoms with Gasteiger partial charge in [-0.25, -0.2) is 9.78 Å². The third-order valence-corrected chi connectivity index (χ3v) is 4.94. The number of carbonyl (C=O) groups excluding carboxylic acids is 2. The maximum absolute atomic E-state index is 13.2. The fourth-order valence-electron chi connectivity index (χ4n) is 3.52. The highest BCUT2D eigenvalue weighted by Gasteiger charge is 2.16. The summed E-state index contributed by atoms with van der Waals surface area (Å²) in [5.74, 6) is -0.697. The van der Waals surface area contributed by atoms with E-state index in [1.807, 2.05) is 30.3 Å². The molecule has 0 saturated carbocycles. The number of nitrogens with one attached hydrogen (secondary N) is 2. The van der Waals surface area contributed by atoms with Crippen LogP contribution in [0.2, 0.25) is 0 Å². The predicted octanol–water partition coefficient (Wildman–Crippen LogP) is 2.20. The lowest BCUT2D eigenvalue weighted by Gasteiger charge is -2.14. The van der Waals surface area contributed by atoms with Gasteiger partial charge in [0, 0.05) is 24.5 Å². The molecule has 0 spiro atoms. The number of fused-ring (bicyclic) bond motifs is 1. The van der Waals surface area contributed by atoms with Gasteiger partial charge < -0.3 is 10.6 Å². The minimum Gasteiger partial charge on any atom is -0.326 e. The Morgan fingerprint density at radius 2 is 1.61 bits per heavy atom. The lowest BCUT2D eigenvalue weighted by molar-refractivity contribution is -0.117. The molecule has 2 aromatic heterocycles. The van der Waals surface area contributed by atoms with Gasteiger partial charge in [-0.3, -0.25) is 23.5 Å². The number of nitrogens with zero attached hydrogens (tertiary/aromatic N) is 3. The average molecular weight is 443 g/mol. The van der Waals surface area contributed by atoms with Gasteiger partial charge in [-0.15, -0.1) is 0 Å². The molecule has 2 heterocycles. The lowest BCUT2D eigenvalue weighted by atomic mass is 10.2. The zero-order valence-electron chi connectivity index (χ0n) is 17.8. The fraction of sp³-hybridized carbons (Fsp3) is 0.125. The van der Waals surface area contributed by atoms with Crippen LogP contribution < -0.4 is 21.9 Å². The van der Waals surface area contributed by atoms with Crippen molar-refractivity contribution < 1.29 is 9.59 Å². The van der Waals surface area contributed by atoms with E-state index >= 15 is 0 Å². The van der Waals surface area contributed by atoms with Crippen LogP contribution in [-0.4, -0.2) is 25.9 Å². The standard InChI is InChI=1S/C24H21N5O4/c1-16(30)26-18-9-5-10-19(13-18)27-21(31)15-28-20-11-6-12-25-22(20)23(32)29(24(28)33)14-17-7-3-2-4-8-17/h2-13H,14-15H2,1H3,(H,26,30)(H,27,31). The van der Waals surface area contributed by atoms with Crippen molar-refractivity contribution in [3.8, 4) is 0 Å². The summed E-state index contributed by atoms with van der Waals surface area (Å²) >= 11 is 0. The van der Waals surface area contributed by atoms with Crippen LogP contribution in [0.15, 0.2) is 82.5 Å². The van der Waals surface area contributed by atoms with Gasteiger partial charge in [0.15, 0.2) is 5.52 Å². The largest absolute Gasteiger partial charge is 0.332 e. The van der Waals surface area contributed by atoms with Gasteiger partial charge in [0.1, 0.15) is 6.54 Å². The zero-order valence-corrected chi connectivity index (χ0v) is 17.8. The van der Waals surface area contributed by atoms with Crippen molar-refractivity contribution in [2.75, 3.05) is 10.6 Å². The summed E-state index contributed by atoms with van der Waals surface area (Å²) in [6, 6.07) is 19.0. The van der Waals surface area contributed by atoms with Crippen LogP contribution in [-0.2, 0) is 22.7 Å². The van der Waals surface area contributed by atoms with Crippen LogP contribution in [0.4, 0.5) is 11.4 Å². The first-order valence-electron chi connectivity index (χ1n) is 10.2. The van der Waals surface area contributed by atoms with Crippen molar-refractivity contribution in [1.82, 2.24) is 14.1 Å². The molecule has 0 bridgehead atoms. The molecule has 0 aliphatic heterocycles. The Bertz CT molecular complexity index is 1460. The molecule has 4 rings (SSSR count). The molecule has 0 aliphatic rings. The van der Waals surface area contributed by atoms with Crippen LogP contribution >= 0.6 is 0 Å². The molecule has 2 amide bonds. The first-order chi connectivity index (χ1) is 15.9. The second-order valence-electron chi connectivity index (χ2n) is 7.43. The molecule has 2 aromatic carbocycles. The quantitative estimate of drug-likeness (QED) is 0.474. The molecule has 0 atom stereocenters. The van der Waals surface area contributed by atoms with Gasteiger partial charge in [0.05, 0.1) is 12.1 Å². The number of hydrogen-bond donors (Lipinski definition) is 2. The molecule has 0 radical (unpaired) electrons. The van der Waals surface area contributed by atoms with E-state index in [2.05, 4.69) is 15.6 Å². The van der Waals surface area contributed by atoms with Gasteiger partial charge in [0.2, 0.25) is 11.8 Å². The molecule has 0 saturated heterocycles. The maximum atomic E-state index is 13.2. The van der Waals surface area contributed by atoms with Gasteiger partial charge in [0.25, 0.3) is 5.56 Å². The summed E-state index contributed by atoms with van der Waals surface area (Å²) in [6.45, 7) is 1.13. The summed E-state index contributed by atoms with van der Waals surface area (Å²) in [4.78, 5) is 54.4. The molecule has 9 heteroatoms. The summed E-state index contributed by atoms with van der Waals surface area (Å²) in [5, 5.41) is 5.37. The molecule has 0 aliphatic carbocycles. The smallest absolute Gasteiger partial charge is 0.326 e. The monoisotopic (exact) mass is 443 g/mol. The average Bonchev–Trinajstić information content (AvgIpc) is 2.80. The first kappa shape index (κ1) is 21.7. The third-order valence-electron chi connectivity index (χ3n) is 4.94. The van der Waals surface area contributed by atoms with Gasteiger partial charge in [-0.1, -0.05) is 36.4 Å². The van der Waals surface area contributed by atoms with Crippen LogP contribution in [0.3, 0.4) is 0 Å². The second kappa shape index (κ2) is 9.31. The van der Waals surface area contributed by atoms with Crippen molar-refractivity contribution in [2.24, 2.45) is 0 Å². The van der Waals surface area contributed by atoms with E-state index in [4.69, 9.17) is 0 Å². The summed E-state index contributed by atoms with van der Waals surface area (Å²) < 4.78 is 2.31. The van der Waals surface area contributed by atoms with Crippen molar-refractivity contribution in [3.63, 3.8) is 0 Å². The summed E-state index contributed by atoms with van der Waals surface area (Å²) in [5.41, 5.74) is 1.03. The number of pyridine rings is 1. The minimum atomic E-state index is -0.605. The number of benzene rings is 2. The van der Waals surface area contributed by atoms with E-state index < -0.39 is 17.2 Å². The Hall–Kier alpha value is -4.53. The highest BCUT2D eigenvalue weighted by Crippen LogP contribution is 2.15. The van der Waals surface area contributed by atoms with Crippen LogP contribution in [0.25, 0.3) is 11.0 Å². The topological polar surface area (TPSA) is 115 Å². The van der Waals surface area contributed by atoms with Crippen molar-refractivity contribution in [3.05, 3.63) is 99.3 Å². The predicted molar refractivity (Wildman–Crippen MR) is 125 cm³/mol. The SMILES string of the molecule is CC(=O)Nc1cccc(NC(=O)Cn2c(=O)n(Cc3ccccc3)c(=O)c3ncccc32)c1. The number of aromatic nitrogens is 3. The Kier molecular flexibility index (Phi) is 6.12. The van der Waals surface area contributed by atoms with E-state index in [9.17, 15) is 19.2 Å². The molecule has 166 valence electrons. The third kappa shape index (κ3) is 4.87. The number of amides is 2. The Morgan fingerprint density at radius 3 is 2.33 bits per heavy atom. The van der Waals surface area contributed by atoms with E-state index in [-0.39, 0.29) is 30.0 Å². The molecule has 2 N–H and O–H groups in total. The Morgan fingerprint density at radius 1 is 0.879 bits per heavy atom. The van der Waals surface area contributed by atoms with Crippen LogP contribution in [0.5, 0.6) is 0 Å². The molecule has 4 aromatic rings. The fourth-order valence-corrected chi connectivity index (χ4v) is 3.52. The summed E-state index contributed by atoms with van der Waals surface area (Å²) in [7, 11) is 0. The molecule has 33 heavy (non-hydrogen) atoms. The highest BCUT2D eigenvalue weighted by molar-refractivity contribution is 5.93. The van der Waals surface area contributed by atoms with E-state index in [0.717, 1.165) is 10.1 Å². The lowest BCUT2D eigenvalue weighted by Crippen LogP contribution is -2.42. The number of carbonyl (C=O) groups is 2. The number of anilines is 2. The van der Waals surface area contributed by atoms with Crippen LogP contribution in [0, 0.1) is 0 Å². The van der Waals surface area contributed by atoms with E-state index in [0.29, 0.717) is 11.4 Å². The molecule has 0 fully saturated rings. The van der Waals surface area contributed by atoms with E-state index in [1.165, 1.54) is 17.7 Å². The first-order valence-corrected chi connectivity index (χ1v) is 10.2. The Labute approximate surface area is 188 Å². The minimum absolute atomic E-state index is 0.0609. The van der Waals surface area contributed by atoms with Gasteiger partial charge in [-0.2, -0.15) is 0 Å². The van der Waals surface area contributed by atoms with Crippen molar-refractivity contribution >= 4 is 34.2 Å². The zero-order chi connectivity index (χ0) is 23.4. The molecular weight excluding hydrogens is 422 g/mol. The van der Waals surface area contributed by atoms with Crippen LogP contribution in [0.1, 0.15) is 12.5 Å². The van der Waals surface area contributed by atoms with Gasteiger partial charge >= 0.3 is 5.69 Å². The van der Waals surface area contributed by atoms with E-state index in [1.54, 1.807) is 36.4 Å². The van der Waals surface area contributed by atoms with Crippen molar-refractivity contribution in [1.29, 1.82) is 0 Å². The number of rotatable bonds is 6. The second-order valence-corrected chi connectivity index (χ2v) is 7.43. The van der Waals surface area contributed by atoms with Crippen molar-refractivity contribution in [2.45, 2.75) is 20.0 Å². The molecular formula is C24H21N5O4.